The predicted molar refractivity (Wildman–Crippen MR) is 87.9 cm³/mol. The molecule has 1 aliphatic rings. The van der Waals surface area contributed by atoms with E-state index in [1.165, 1.54) is 5.01 Å². The van der Waals surface area contributed by atoms with E-state index in [2.05, 4.69) is 10.4 Å². The smallest absolute Gasteiger partial charge is 0.313 e. The second-order valence-electron chi connectivity index (χ2n) is 5.24. The Labute approximate surface area is 133 Å². The number of amides is 3. The monoisotopic (exact) mass is 308 g/mol. The van der Waals surface area contributed by atoms with E-state index in [-0.39, 0.29) is 5.91 Å². The van der Waals surface area contributed by atoms with Crippen LogP contribution in [0.1, 0.15) is 12.5 Å². The molecular formula is C17H16N4O2. The third kappa shape index (κ3) is 2.34. The maximum atomic E-state index is 13.1. The van der Waals surface area contributed by atoms with Gasteiger partial charge < -0.3 is 11.1 Å². The minimum absolute atomic E-state index is 0.369. The zero-order valence-electron chi connectivity index (χ0n) is 12.6. The topological polar surface area (TPSA) is 87.8 Å². The molecule has 0 fully saturated rings. The van der Waals surface area contributed by atoms with Gasteiger partial charge in [-0.2, -0.15) is 10.1 Å². The van der Waals surface area contributed by atoms with E-state index in [9.17, 15) is 9.59 Å². The van der Waals surface area contributed by atoms with Gasteiger partial charge >= 0.3 is 6.03 Å². The highest BCUT2D eigenvalue weighted by Crippen LogP contribution is 2.34. The number of anilines is 1. The van der Waals surface area contributed by atoms with Crippen LogP contribution in [0.25, 0.3) is 0 Å². The zero-order valence-corrected chi connectivity index (χ0v) is 12.6. The predicted octanol–water partition coefficient (Wildman–Crippen LogP) is 1.97. The van der Waals surface area contributed by atoms with Gasteiger partial charge in [-0.3, -0.25) is 4.79 Å². The Kier molecular flexibility index (Phi) is 3.57. The maximum absolute atomic E-state index is 13.1. The summed E-state index contributed by atoms with van der Waals surface area (Å²) in [4.78, 5) is 24.7. The van der Waals surface area contributed by atoms with Gasteiger partial charge in [-0.1, -0.05) is 48.5 Å². The van der Waals surface area contributed by atoms with Crippen molar-refractivity contribution in [1.82, 2.24) is 5.32 Å². The van der Waals surface area contributed by atoms with Crippen LogP contribution in [0.5, 0.6) is 0 Å². The van der Waals surface area contributed by atoms with Gasteiger partial charge in [0, 0.05) is 0 Å². The number of primary amides is 1. The minimum Gasteiger partial charge on any atom is -0.352 e. The quantitative estimate of drug-likeness (QED) is 0.908. The van der Waals surface area contributed by atoms with Gasteiger partial charge in [0.15, 0.2) is 5.54 Å². The second-order valence-corrected chi connectivity index (χ2v) is 5.24. The lowest BCUT2D eigenvalue weighted by Crippen LogP contribution is -2.57. The molecule has 0 radical (unpaired) electrons. The molecule has 3 amide bonds. The first-order valence-electron chi connectivity index (χ1n) is 7.14. The van der Waals surface area contributed by atoms with Crippen LogP contribution < -0.4 is 16.1 Å². The summed E-state index contributed by atoms with van der Waals surface area (Å²) in [5.74, 6) is -0.369. The SMILES string of the molecule is CC1=NN(c2ccccc2)C(=O)C1(NC(N)=O)c1ccccc1. The van der Waals surface area contributed by atoms with Crippen LogP contribution in [0, 0.1) is 0 Å². The van der Waals surface area contributed by atoms with Crippen LogP contribution in [0.15, 0.2) is 65.8 Å². The van der Waals surface area contributed by atoms with Crippen molar-refractivity contribution in [3.8, 4) is 0 Å². The molecule has 6 heteroatoms. The van der Waals surface area contributed by atoms with Crippen LogP contribution in [-0.2, 0) is 10.3 Å². The van der Waals surface area contributed by atoms with Crippen LogP contribution in [0.4, 0.5) is 10.5 Å². The molecule has 3 rings (SSSR count). The summed E-state index contributed by atoms with van der Waals surface area (Å²) in [6.07, 6.45) is 0. The zero-order chi connectivity index (χ0) is 16.4. The highest BCUT2D eigenvalue weighted by atomic mass is 16.2. The van der Waals surface area contributed by atoms with Gasteiger partial charge in [-0.05, 0) is 24.6 Å². The van der Waals surface area contributed by atoms with Crippen molar-refractivity contribution < 1.29 is 9.59 Å². The van der Waals surface area contributed by atoms with E-state index in [1.54, 1.807) is 43.3 Å². The van der Waals surface area contributed by atoms with E-state index in [0.29, 0.717) is 17.0 Å². The average molecular weight is 308 g/mol. The molecule has 1 atom stereocenters. The lowest BCUT2D eigenvalue weighted by Gasteiger charge is -2.29. The normalized spacial score (nSPS) is 20.3. The lowest BCUT2D eigenvalue weighted by molar-refractivity contribution is -0.121. The van der Waals surface area contributed by atoms with Crippen molar-refractivity contribution >= 4 is 23.3 Å². The number of rotatable bonds is 3. The first kappa shape index (κ1) is 14.8. The summed E-state index contributed by atoms with van der Waals surface area (Å²) in [7, 11) is 0. The highest BCUT2D eigenvalue weighted by molar-refractivity contribution is 6.23. The number of urea groups is 1. The number of nitrogens with two attached hydrogens (primary N) is 1. The maximum Gasteiger partial charge on any atom is 0.313 e. The standard InChI is InChI=1S/C17H16N4O2/c1-12-17(19-16(18)23,13-8-4-2-5-9-13)15(22)21(20-12)14-10-6-3-7-11-14/h2-11H,1H3,(H3,18,19,23). The van der Waals surface area contributed by atoms with Crippen molar-refractivity contribution in [2.24, 2.45) is 10.8 Å². The number of nitrogens with one attached hydrogen (secondary N) is 1. The van der Waals surface area contributed by atoms with Crippen LogP contribution in [0.3, 0.4) is 0 Å². The fourth-order valence-electron chi connectivity index (χ4n) is 2.75. The summed E-state index contributed by atoms with van der Waals surface area (Å²) >= 11 is 0. The van der Waals surface area contributed by atoms with E-state index in [4.69, 9.17) is 5.73 Å². The van der Waals surface area contributed by atoms with Gasteiger partial charge in [0.2, 0.25) is 0 Å². The minimum atomic E-state index is -1.39. The molecule has 0 saturated heterocycles. The number of hydrogen-bond donors (Lipinski definition) is 2. The number of carbonyl (C=O) groups excluding carboxylic acids is 2. The van der Waals surface area contributed by atoms with Gasteiger partial charge in [0.1, 0.15) is 0 Å². The van der Waals surface area contributed by atoms with Gasteiger partial charge in [-0.15, -0.1) is 0 Å². The average Bonchev–Trinajstić information content (AvgIpc) is 2.81. The number of carbonyl (C=O) groups is 2. The molecule has 0 aromatic heterocycles. The van der Waals surface area contributed by atoms with Crippen LogP contribution >= 0.6 is 0 Å². The molecule has 1 aliphatic heterocycles. The molecule has 6 nitrogen and oxygen atoms in total. The molecule has 0 aliphatic carbocycles. The summed E-state index contributed by atoms with van der Waals surface area (Å²) in [6.45, 7) is 1.70. The Morgan fingerprint density at radius 3 is 2.22 bits per heavy atom. The number of benzene rings is 2. The van der Waals surface area contributed by atoms with Gasteiger partial charge in [-0.25, -0.2) is 4.79 Å². The Balaban J connectivity index is 2.13. The molecular weight excluding hydrogens is 292 g/mol. The molecule has 0 spiro atoms. The first-order chi connectivity index (χ1) is 11.1. The number of nitrogens with zero attached hydrogens (tertiary/aromatic N) is 2. The van der Waals surface area contributed by atoms with E-state index < -0.39 is 11.6 Å². The molecule has 116 valence electrons. The van der Waals surface area contributed by atoms with Crippen molar-refractivity contribution in [2.75, 3.05) is 5.01 Å². The molecule has 2 aromatic rings. The summed E-state index contributed by atoms with van der Waals surface area (Å²) in [5.41, 5.74) is 5.64. The Morgan fingerprint density at radius 2 is 1.65 bits per heavy atom. The fourth-order valence-corrected chi connectivity index (χ4v) is 2.75. The van der Waals surface area contributed by atoms with Crippen molar-refractivity contribution in [3.63, 3.8) is 0 Å². The van der Waals surface area contributed by atoms with E-state index in [1.807, 2.05) is 24.3 Å². The Bertz CT molecular complexity index is 774. The third-order valence-corrected chi connectivity index (χ3v) is 3.82. The first-order valence-corrected chi connectivity index (χ1v) is 7.14. The molecule has 23 heavy (non-hydrogen) atoms. The van der Waals surface area contributed by atoms with Crippen molar-refractivity contribution in [2.45, 2.75) is 12.5 Å². The second kappa shape index (κ2) is 5.57. The van der Waals surface area contributed by atoms with E-state index >= 15 is 0 Å². The number of hydrazone groups is 1. The summed E-state index contributed by atoms with van der Waals surface area (Å²) in [6, 6.07) is 17.2. The van der Waals surface area contributed by atoms with E-state index in [0.717, 1.165) is 0 Å². The molecule has 0 bridgehead atoms. The third-order valence-electron chi connectivity index (χ3n) is 3.82. The van der Waals surface area contributed by atoms with Crippen molar-refractivity contribution in [3.05, 3.63) is 66.2 Å². The summed E-state index contributed by atoms with van der Waals surface area (Å²) < 4.78 is 0. The Morgan fingerprint density at radius 1 is 1.09 bits per heavy atom. The number of para-hydroxylation sites is 1. The molecule has 2 aromatic carbocycles. The van der Waals surface area contributed by atoms with Crippen LogP contribution in [0.2, 0.25) is 0 Å². The molecule has 0 saturated carbocycles. The Hall–Kier alpha value is -3.15. The van der Waals surface area contributed by atoms with Gasteiger partial charge in [0.05, 0.1) is 11.4 Å². The largest absolute Gasteiger partial charge is 0.352 e. The number of hydrogen-bond acceptors (Lipinski definition) is 3. The lowest BCUT2D eigenvalue weighted by atomic mass is 9.85. The molecule has 1 heterocycles. The van der Waals surface area contributed by atoms with Gasteiger partial charge in [0.25, 0.3) is 5.91 Å². The highest BCUT2D eigenvalue weighted by Gasteiger charge is 2.52. The fraction of sp³-hybridized carbons (Fsp3) is 0.118. The van der Waals surface area contributed by atoms with Crippen molar-refractivity contribution in [1.29, 1.82) is 0 Å². The molecule has 1 unspecified atom stereocenters. The molecule has 3 N–H and O–H groups in total. The van der Waals surface area contributed by atoms with Crippen LogP contribution in [-0.4, -0.2) is 17.6 Å². The summed E-state index contributed by atoms with van der Waals surface area (Å²) in [5, 5.41) is 8.23.